The number of rotatable bonds is 12. The average Bonchev–Trinajstić information content (AvgIpc) is 3.52. The van der Waals surface area contributed by atoms with E-state index in [4.69, 9.17) is 23.7 Å². The lowest BCUT2D eigenvalue weighted by molar-refractivity contribution is -0.142. The van der Waals surface area contributed by atoms with Gasteiger partial charge in [-0.05, 0) is 82.6 Å². The molecule has 0 atom stereocenters. The molecule has 0 unspecified atom stereocenters. The quantitative estimate of drug-likeness (QED) is 0.144. The van der Waals surface area contributed by atoms with E-state index in [9.17, 15) is 4.79 Å². The summed E-state index contributed by atoms with van der Waals surface area (Å²) in [5.74, 6) is 2.70. The topological polar surface area (TPSA) is 63.2 Å². The van der Waals surface area contributed by atoms with Crippen LogP contribution in [0.4, 0.5) is 0 Å². The lowest BCUT2D eigenvalue weighted by Gasteiger charge is -2.18. The fraction of sp³-hybridized carbons (Fsp3) is 0.216. The molecule has 1 heterocycles. The van der Waals surface area contributed by atoms with Crippen LogP contribution >= 0.6 is 0 Å². The van der Waals surface area contributed by atoms with Crippen LogP contribution in [-0.2, 0) is 35.4 Å². The summed E-state index contributed by atoms with van der Waals surface area (Å²) in [5, 5.41) is 2.13. The molecule has 218 valence electrons. The summed E-state index contributed by atoms with van der Waals surface area (Å²) in [7, 11) is 1.36. The van der Waals surface area contributed by atoms with E-state index in [0.29, 0.717) is 18.8 Å². The Kier molecular flexibility index (Phi) is 8.74. The number of hydrogen-bond donors (Lipinski definition) is 0. The minimum atomic E-state index is -0.421. The Balaban J connectivity index is 1.33. The molecule has 43 heavy (non-hydrogen) atoms. The first-order valence-electron chi connectivity index (χ1n) is 14.5. The number of fused-ring (bicyclic) bond motifs is 2. The van der Waals surface area contributed by atoms with Crippen LogP contribution < -0.4 is 18.9 Å². The second-order valence-corrected chi connectivity index (χ2v) is 10.6. The third kappa shape index (κ3) is 6.92. The predicted octanol–water partition coefficient (Wildman–Crippen LogP) is 7.47. The second-order valence-electron chi connectivity index (χ2n) is 10.6. The van der Waals surface area contributed by atoms with E-state index in [2.05, 4.69) is 54.6 Å². The number of methoxy groups -OCH3 is 1. The molecule has 5 aromatic rings. The Morgan fingerprint density at radius 2 is 1.49 bits per heavy atom. The summed E-state index contributed by atoms with van der Waals surface area (Å²) < 4.78 is 28.3. The first-order valence-corrected chi connectivity index (χ1v) is 14.5. The van der Waals surface area contributed by atoms with Crippen molar-refractivity contribution >= 4 is 16.7 Å². The van der Waals surface area contributed by atoms with Crippen molar-refractivity contribution in [1.29, 1.82) is 0 Å². The fourth-order valence-electron chi connectivity index (χ4n) is 5.40. The van der Waals surface area contributed by atoms with Crippen LogP contribution in [0.1, 0.15) is 34.2 Å². The van der Waals surface area contributed by atoms with Crippen molar-refractivity contribution in [2.45, 2.75) is 32.3 Å². The highest BCUT2D eigenvalue weighted by atomic mass is 16.7. The zero-order valence-electron chi connectivity index (χ0n) is 24.2. The molecule has 0 N–H and O–H groups in total. The van der Waals surface area contributed by atoms with Crippen molar-refractivity contribution in [3.8, 4) is 23.0 Å². The van der Waals surface area contributed by atoms with E-state index >= 15 is 0 Å². The number of hydrogen-bond acceptors (Lipinski definition) is 6. The van der Waals surface area contributed by atoms with Crippen LogP contribution in [0.3, 0.4) is 0 Å². The van der Waals surface area contributed by atoms with Crippen LogP contribution in [-0.4, -0.2) is 26.5 Å². The van der Waals surface area contributed by atoms with Gasteiger partial charge in [-0.25, -0.2) is 4.79 Å². The van der Waals surface area contributed by atoms with E-state index in [1.165, 1.54) is 12.7 Å². The van der Waals surface area contributed by atoms with Gasteiger partial charge in [0.05, 0.1) is 7.11 Å². The van der Waals surface area contributed by atoms with Crippen LogP contribution in [0.2, 0.25) is 0 Å². The van der Waals surface area contributed by atoms with Crippen molar-refractivity contribution in [1.82, 2.24) is 0 Å². The van der Waals surface area contributed by atoms with Gasteiger partial charge in [0.1, 0.15) is 18.1 Å². The highest BCUT2D eigenvalue weighted by molar-refractivity contribution is 5.90. The van der Waals surface area contributed by atoms with E-state index in [-0.39, 0.29) is 13.4 Å². The molecule has 6 rings (SSSR count). The highest BCUT2D eigenvalue weighted by Crippen LogP contribution is 2.37. The monoisotopic (exact) mass is 574 g/mol. The molecule has 0 fully saturated rings. The third-order valence-electron chi connectivity index (χ3n) is 7.65. The first-order chi connectivity index (χ1) is 21.2. The van der Waals surface area contributed by atoms with E-state index < -0.39 is 5.97 Å². The van der Waals surface area contributed by atoms with Gasteiger partial charge in [0.15, 0.2) is 18.1 Å². The smallest absolute Gasteiger partial charge is 0.343 e. The van der Waals surface area contributed by atoms with Gasteiger partial charge in [-0.2, -0.15) is 0 Å². The molecule has 6 nitrogen and oxygen atoms in total. The lowest BCUT2D eigenvalue weighted by Crippen LogP contribution is -2.13. The van der Waals surface area contributed by atoms with Gasteiger partial charge in [-0.1, -0.05) is 72.8 Å². The summed E-state index contributed by atoms with van der Waals surface area (Å²) >= 11 is 0. The van der Waals surface area contributed by atoms with E-state index in [1.54, 1.807) is 0 Å². The van der Waals surface area contributed by atoms with Crippen LogP contribution in [0.5, 0.6) is 23.0 Å². The van der Waals surface area contributed by atoms with Gasteiger partial charge >= 0.3 is 5.97 Å². The van der Waals surface area contributed by atoms with Crippen molar-refractivity contribution in [2.75, 3.05) is 20.5 Å². The third-order valence-corrected chi connectivity index (χ3v) is 7.65. The number of esters is 1. The molecule has 1 aliphatic heterocycles. The molecular weight excluding hydrogens is 540 g/mol. The van der Waals surface area contributed by atoms with Gasteiger partial charge in [0.25, 0.3) is 0 Å². The molecule has 0 saturated heterocycles. The van der Waals surface area contributed by atoms with Crippen LogP contribution in [0.25, 0.3) is 10.8 Å². The van der Waals surface area contributed by atoms with Gasteiger partial charge in [-0.15, -0.1) is 0 Å². The molecule has 0 amide bonds. The number of benzene rings is 5. The molecule has 0 aromatic heterocycles. The minimum Gasteiger partial charge on any atom is -0.489 e. The Morgan fingerprint density at radius 1 is 0.721 bits per heavy atom. The molecule has 0 bridgehead atoms. The van der Waals surface area contributed by atoms with Gasteiger partial charge in [-0.3, -0.25) is 0 Å². The molecule has 0 spiro atoms. The predicted molar refractivity (Wildman–Crippen MR) is 166 cm³/mol. The summed E-state index contributed by atoms with van der Waals surface area (Å²) in [5.41, 5.74) is 5.63. The Labute approximate surface area is 251 Å². The van der Waals surface area contributed by atoms with Crippen molar-refractivity contribution in [3.63, 3.8) is 0 Å². The normalized spacial score (nSPS) is 11.8. The van der Waals surface area contributed by atoms with Crippen LogP contribution in [0.15, 0.2) is 103 Å². The number of ether oxygens (including phenoxy) is 5. The maximum absolute atomic E-state index is 11.9. The summed E-state index contributed by atoms with van der Waals surface area (Å²) in [6, 6.07) is 35.0. The lowest BCUT2D eigenvalue weighted by atomic mass is 9.94. The average molecular weight is 575 g/mol. The van der Waals surface area contributed by atoms with Gasteiger partial charge < -0.3 is 23.7 Å². The number of carbonyl (C=O) groups excluding carboxylic acids is 1. The Hall–Kier alpha value is -4.97. The zero-order chi connectivity index (χ0) is 29.4. The molecule has 0 saturated carbocycles. The molecule has 5 aromatic carbocycles. The molecular formula is C37H34O6. The first kappa shape index (κ1) is 28.2. The second kappa shape index (κ2) is 13.3. The standard InChI is InChI=1S/C37H34O6/c1-39-37(38)24-41-33-18-16-29-21-30(14-8-13-27-15-17-34-36(20-27)43-25-42-34)35(40-23-28-11-6-3-7-12-28)22-31(29)32(33)19-26-9-4-2-5-10-26/h2-7,9-12,15-18,20-22H,8,13-14,19,23-25H2,1H3. The SMILES string of the molecule is COC(=O)COc1ccc2cc(CCCc3ccc4c(c3)OCO4)c(OCc3ccccc3)cc2c1Cc1ccccc1. The van der Waals surface area contributed by atoms with Crippen LogP contribution in [0, 0.1) is 0 Å². The van der Waals surface area contributed by atoms with Gasteiger partial charge in [0.2, 0.25) is 6.79 Å². The Bertz CT molecular complexity index is 1700. The minimum absolute atomic E-state index is 0.154. The number of aryl methyl sites for hydroxylation is 2. The van der Waals surface area contributed by atoms with Crippen molar-refractivity contribution < 1.29 is 28.5 Å². The largest absolute Gasteiger partial charge is 0.489 e. The summed E-state index contributed by atoms with van der Waals surface area (Å²) in [6.07, 6.45) is 3.36. The van der Waals surface area contributed by atoms with Gasteiger partial charge in [0, 0.05) is 12.0 Å². The highest BCUT2D eigenvalue weighted by Gasteiger charge is 2.17. The maximum atomic E-state index is 11.9. The van der Waals surface area contributed by atoms with E-state index in [0.717, 1.165) is 69.5 Å². The molecule has 0 aliphatic carbocycles. The van der Waals surface area contributed by atoms with Crippen molar-refractivity contribution in [3.05, 3.63) is 131 Å². The molecule has 1 aliphatic rings. The zero-order valence-corrected chi connectivity index (χ0v) is 24.2. The van der Waals surface area contributed by atoms with E-state index in [1.807, 2.05) is 48.5 Å². The summed E-state index contributed by atoms with van der Waals surface area (Å²) in [6.45, 7) is 0.590. The van der Waals surface area contributed by atoms with Crippen molar-refractivity contribution in [2.24, 2.45) is 0 Å². The Morgan fingerprint density at radius 3 is 2.28 bits per heavy atom. The fourth-order valence-corrected chi connectivity index (χ4v) is 5.40. The number of carbonyl (C=O) groups is 1. The molecule has 0 radical (unpaired) electrons. The maximum Gasteiger partial charge on any atom is 0.343 e. The summed E-state index contributed by atoms with van der Waals surface area (Å²) in [4.78, 5) is 11.9. The molecule has 6 heteroatoms.